The normalized spacial score (nSPS) is 22.7. The van der Waals surface area contributed by atoms with Crippen molar-refractivity contribution in [3.8, 4) is 5.88 Å². The fourth-order valence-electron chi connectivity index (χ4n) is 3.34. The summed E-state index contributed by atoms with van der Waals surface area (Å²) < 4.78 is 5.88. The highest BCUT2D eigenvalue weighted by Gasteiger charge is 2.29. The van der Waals surface area contributed by atoms with E-state index in [-0.39, 0.29) is 6.10 Å². The van der Waals surface area contributed by atoms with E-state index in [4.69, 9.17) is 4.74 Å². The third-order valence-electron chi connectivity index (χ3n) is 4.61. The van der Waals surface area contributed by atoms with E-state index in [2.05, 4.69) is 4.98 Å². The van der Waals surface area contributed by atoms with E-state index in [0.29, 0.717) is 24.2 Å². The molecule has 1 aliphatic heterocycles. The van der Waals surface area contributed by atoms with Crippen LogP contribution in [0.2, 0.25) is 0 Å². The minimum atomic E-state index is 0.0905. The van der Waals surface area contributed by atoms with Gasteiger partial charge in [-0.3, -0.25) is 4.79 Å². The van der Waals surface area contributed by atoms with Gasteiger partial charge in [0.25, 0.3) is 0 Å². The van der Waals surface area contributed by atoms with Crippen molar-refractivity contribution in [3.63, 3.8) is 0 Å². The van der Waals surface area contributed by atoms with Crippen molar-refractivity contribution >= 4 is 5.91 Å². The quantitative estimate of drug-likeness (QED) is 0.855. The summed E-state index contributed by atoms with van der Waals surface area (Å²) in [5.74, 6) is 1.59. The van der Waals surface area contributed by atoms with Crippen LogP contribution in [0.1, 0.15) is 44.1 Å². The minimum Gasteiger partial charge on any atom is -0.472 e. The molecule has 3 rings (SSSR count). The van der Waals surface area contributed by atoms with Crippen LogP contribution in [-0.4, -0.2) is 35.0 Å². The predicted molar refractivity (Wildman–Crippen MR) is 81.2 cm³/mol. The number of likely N-dealkylation sites (tertiary alicyclic amines) is 1. The molecule has 1 aromatic rings. The first-order valence-corrected chi connectivity index (χ1v) is 8.08. The van der Waals surface area contributed by atoms with Gasteiger partial charge in [0.15, 0.2) is 0 Å². The zero-order valence-corrected chi connectivity index (χ0v) is 12.8. The highest BCUT2D eigenvalue weighted by molar-refractivity contribution is 5.76. The lowest BCUT2D eigenvalue weighted by Gasteiger charge is -2.19. The van der Waals surface area contributed by atoms with Gasteiger partial charge >= 0.3 is 0 Å². The molecule has 114 valence electrons. The maximum absolute atomic E-state index is 12.3. The summed E-state index contributed by atoms with van der Waals surface area (Å²) in [5.41, 5.74) is 1.13. The lowest BCUT2D eigenvalue weighted by molar-refractivity contribution is -0.131. The highest BCUT2D eigenvalue weighted by Crippen LogP contribution is 2.28. The van der Waals surface area contributed by atoms with Gasteiger partial charge in [-0.05, 0) is 31.2 Å². The molecule has 2 aliphatic rings. The molecule has 0 radical (unpaired) electrons. The molecule has 4 heteroatoms. The largest absolute Gasteiger partial charge is 0.472 e. The van der Waals surface area contributed by atoms with Gasteiger partial charge in [-0.25, -0.2) is 4.98 Å². The molecule has 2 heterocycles. The number of carbonyl (C=O) groups is 1. The molecule has 4 nitrogen and oxygen atoms in total. The zero-order valence-electron chi connectivity index (χ0n) is 12.8. The number of rotatable bonds is 4. The van der Waals surface area contributed by atoms with Crippen molar-refractivity contribution < 1.29 is 9.53 Å². The maximum atomic E-state index is 12.3. The Bertz CT molecular complexity index is 480. The minimum absolute atomic E-state index is 0.0905. The van der Waals surface area contributed by atoms with Gasteiger partial charge in [-0.1, -0.05) is 18.9 Å². The second-order valence-corrected chi connectivity index (χ2v) is 6.40. The van der Waals surface area contributed by atoms with Gasteiger partial charge in [0.05, 0.1) is 6.54 Å². The Kier molecular flexibility index (Phi) is 4.42. The fourth-order valence-corrected chi connectivity index (χ4v) is 3.34. The summed E-state index contributed by atoms with van der Waals surface area (Å²) in [4.78, 5) is 18.5. The second kappa shape index (κ2) is 6.46. The topological polar surface area (TPSA) is 42.4 Å². The maximum Gasteiger partial charge on any atom is 0.222 e. The van der Waals surface area contributed by atoms with Crippen LogP contribution in [0.3, 0.4) is 0 Å². The fraction of sp³-hybridized carbons (Fsp3) is 0.647. The number of nitrogens with zero attached hydrogens (tertiary/aromatic N) is 2. The second-order valence-electron chi connectivity index (χ2n) is 6.40. The molecule has 1 saturated heterocycles. The Hall–Kier alpha value is -1.58. The lowest BCUT2D eigenvalue weighted by Crippen LogP contribution is -2.32. The molecule has 1 aromatic heterocycles. The first-order chi connectivity index (χ1) is 10.2. The smallest absolute Gasteiger partial charge is 0.222 e. The first-order valence-electron chi connectivity index (χ1n) is 8.08. The van der Waals surface area contributed by atoms with Crippen LogP contribution in [-0.2, 0) is 4.79 Å². The van der Waals surface area contributed by atoms with Crippen molar-refractivity contribution in [2.75, 3.05) is 13.1 Å². The Morgan fingerprint density at radius 2 is 2.14 bits per heavy atom. The van der Waals surface area contributed by atoms with E-state index >= 15 is 0 Å². The van der Waals surface area contributed by atoms with Crippen LogP contribution in [0.25, 0.3) is 0 Å². The molecule has 0 bridgehead atoms. The van der Waals surface area contributed by atoms with Gasteiger partial charge < -0.3 is 9.64 Å². The molecule has 1 unspecified atom stereocenters. The summed E-state index contributed by atoms with van der Waals surface area (Å²) in [6.07, 6.45) is 8.59. The van der Waals surface area contributed by atoms with Gasteiger partial charge in [0.2, 0.25) is 11.8 Å². The van der Waals surface area contributed by atoms with Crippen LogP contribution < -0.4 is 4.74 Å². The number of hydrogen-bond acceptors (Lipinski definition) is 3. The zero-order chi connectivity index (χ0) is 14.7. The van der Waals surface area contributed by atoms with E-state index in [1.165, 1.54) is 25.7 Å². The van der Waals surface area contributed by atoms with Crippen molar-refractivity contribution in [1.29, 1.82) is 0 Å². The summed E-state index contributed by atoms with van der Waals surface area (Å²) in [7, 11) is 0. The van der Waals surface area contributed by atoms with Gasteiger partial charge in [0, 0.05) is 31.6 Å². The number of ether oxygens (including phenoxy) is 1. The van der Waals surface area contributed by atoms with E-state index in [1.807, 2.05) is 30.2 Å². The Labute approximate surface area is 126 Å². The predicted octanol–water partition coefficient (Wildman–Crippen LogP) is 2.95. The van der Waals surface area contributed by atoms with Crippen molar-refractivity contribution in [2.45, 2.75) is 51.6 Å². The Balaban J connectivity index is 1.48. The summed E-state index contributed by atoms with van der Waals surface area (Å²) in [6.45, 7) is 3.54. The summed E-state index contributed by atoms with van der Waals surface area (Å²) in [6, 6.07) is 3.90. The van der Waals surface area contributed by atoms with Gasteiger partial charge in [0.1, 0.15) is 6.10 Å². The molecular weight excluding hydrogens is 264 g/mol. The third-order valence-corrected chi connectivity index (χ3v) is 4.61. The molecule has 0 N–H and O–H groups in total. The highest BCUT2D eigenvalue weighted by atomic mass is 16.5. The number of aromatic nitrogens is 1. The standard InChI is InChI=1S/C17H24N2O2/c1-13-6-7-16(18-11-13)21-15-8-9-19(12-15)17(20)10-14-4-2-3-5-14/h6-7,11,14-15H,2-5,8-10,12H2,1H3. The molecule has 1 saturated carbocycles. The van der Waals surface area contributed by atoms with Crippen molar-refractivity contribution in [3.05, 3.63) is 23.9 Å². The number of pyridine rings is 1. The number of aryl methyl sites for hydroxylation is 1. The average Bonchev–Trinajstić information content (AvgIpc) is 3.13. The number of carbonyl (C=O) groups excluding carboxylic acids is 1. The van der Waals surface area contributed by atoms with E-state index in [1.54, 1.807) is 0 Å². The molecule has 1 aliphatic carbocycles. The molecule has 0 spiro atoms. The lowest BCUT2D eigenvalue weighted by atomic mass is 10.0. The average molecular weight is 288 g/mol. The Morgan fingerprint density at radius 1 is 1.33 bits per heavy atom. The molecule has 1 amide bonds. The first kappa shape index (κ1) is 14.4. The SMILES string of the molecule is Cc1ccc(OC2CCN(C(=O)CC3CCCC3)C2)nc1. The van der Waals surface area contributed by atoms with Crippen LogP contribution in [0.15, 0.2) is 18.3 Å². The van der Waals surface area contributed by atoms with Crippen molar-refractivity contribution in [2.24, 2.45) is 5.92 Å². The molecule has 2 fully saturated rings. The van der Waals surface area contributed by atoms with E-state index in [0.717, 1.165) is 24.9 Å². The molecule has 1 atom stereocenters. The van der Waals surface area contributed by atoms with E-state index < -0.39 is 0 Å². The third kappa shape index (κ3) is 3.74. The number of hydrogen-bond donors (Lipinski definition) is 0. The van der Waals surface area contributed by atoms with Crippen LogP contribution in [0.5, 0.6) is 5.88 Å². The van der Waals surface area contributed by atoms with E-state index in [9.17, 15) is 4.79 Å². The Morgan fingerprint density at radius 3 is 2.86 bits per heavy atom. The van der Waals surface area contributed by atoms with Crippen LogP contribution in [0, 0.1) is 12.8 Å². The molecular formula is C17H24N2O2. The molecule has 21 heavy (non-hydrogen) atoms. The van der Waals surface area contributed by atoms with Crippen LogP contribution >= 0.6 is 0 Å². The monoisotopic (exact) mass is 288 g/mol. The molecule has 0 aromatic carbocycles. The van der Waals surface area contributed by atoms with Gasteiger partial charge in [-0.15, -0.1) is 0 Å². The summed E-state index contributed by atoms with van der Waals surface area (Å²) in [5, 5.41) is 0. The van der Waals surface area contributed by atoms with Crippen LogP contribution in [0.4, 0.5) is 0 Å². The van der Waals surface area contributed by atoms with Crippen molar-refractivity contribution in [1.82, 2.24) is 9.88 Å². The summed E-state index contributed by atoms with van der Waals surface area (Å²) >= 11 is 0. The number of amides is 1. The van der Waals surface area contributed by atoms with Gasteiger partial charge in [-0.2, -0.15) is 0 Å².